The normalized spacial score (nSPS) is 12.0. The Labute approximate surface area is 186 Å². The van der Waals surface area contributed by atoms with Crippen molar-refractivity contribution in [2.45, 2.75) is 0 Å². The number of H-pyrrole nitrogens is 2. The molecule has 2 heterocycles. The molecule has 0 saturated carbocycles. The lowest BCUT2D eigenvalue weighted by Gasteiger charge is -2.07. The van der Waals surface area contributed by atoms with Crippen molar-refractivity contribution in [3.05, 3.63) is 102 Å². The molecule has 0 radical (unpaired) electrons. The van der Waals surface area contributed by atoms with E-state index < -0.39 is 10.9 Å². The van der Waals surface area contributed by atoms with E-state index in [1.165, 1.54) is 6.07 Å². The third-order valence-corrected chi connectivity index (χ3v) is 6.18. The zero-order valence-electron chi connectivity index (χ0n) is 17.2. The highest BCUT2D eigenvalue weighted by Crippen LogP contribution is 2.25. The van der Waals surface area contributed by atoms with Gasteiger partial charge in [-0.05, 0) is 6.07 Å². The number of hydrogen-bond donors (Lipinski definition) is 2. The smallest absolute Gasteiger partial charge is 0.231 e. The lowest BCUT2D eigenvalue weighted by Crippen LogP contribution is -2.14. The van der Waals surface area contributed by atoms with Crippen LogP contribution in [0.4, 0.5) is 0 Å². The minimum absolute atomic E-state index is 0.0469. The molecule has 0 atom stereocenters. The van der Waals surface area contributed by atoms with E-state index in [0.29, 0.717) is 21.8 Å². The van der Waals surface area contributed by atoms with Crippen LogP contribution >= 0.6 is 0 Å². The molecule has 0 bridgehead atoms. The van der Waals surface area contributed by atoms with Crippen molar-refractivity contribution in [1.29, 1.82) is 0 Å². The van der Waals surface area contributed by atoms with Crippen LogP contribution in [0.25, 0.3) is 65.9 Å². The molecule has 0 spiro atoms. The van der Waals surface area contributed by atoms with E-state index in [1.54, 1.807) is 54.6 Å². The van der Waals surface area contributed by atoms with Gasteiger partial charge in [0.05, 0.1) is 11.0 Å². The predicted molar refractivity (Wildman–Crippen MR) is 130 cm³/mol. The molecule has 0 unspecified atom stereocenters. The number of benzene rings is 5. The van der Waals surface area contributed by atoms with Crippen molar-refractivity contribution >= 4 is 65.9 Å². The van der Waals surface area contributed by atoms with Crippen LogP contribution in [0.2, 0.25) is 0 Å². The Kier molecular flexibility index (Phi) is 3.44. The second kappa shape index (κ2) is 6.29. The van der Waals surface area contributed by atoms with Crippen LogP contribution in [0, 0.1) is 0 Å². The number of aromatic amines is 2. The van der Waals surface area contributed by atoms with Gasteiger partial charge in [-0.1, -0.05) is 48.5 Å². The van der Waals surface area contributed by atoms with Crippen LogP contribution in [0.3, 0.4) is 0 Å². The van der Waals surface area contributed by atoms with Gasteiger partial charge in [0, 0.05) is 27.6 Å². The van der Waals surface area contributed by atoms with Gasteiger partial charge in [0.1, 0.15) is 11.0 Å². The fraction of sp³-hybridized carbons (Fsp3) is 0. The second-order valence-corrected chi connectivity index (χ2v) is 8.11. The number of fused-ring (bicyclic) bond motifs is 6. The molecule has 8 heteroatoms. The third kappa shape index (κ3) is 2.31. The molecule has 0 aliphatic carbocycles. The molecule has 5 aromatic carbocycles. The standard InChI is InChI=1S/C26H12N2O6/c29-21-11-5-1-3-7-13(11)23(31)25-19(21)27-15-9-16-18(10-17(15)33-25)34-26-20(28-16)22(30)12-6-2-4-8-14(12)24(26)32/h1-10,27-28H. The molecule has 2 N–H and O–H groups in total. The predicted octanol–water partition coefficient (Wildman–Crippen LogP) is 3.89. The maximum Gasteiger partial charge on any atom is 0.231 e. The third-order valence-electron chi connectivity index (χ3n) is 6.18. The van der Waals surface area contributed by atoms with E-state index in [1.807, 2.05) is 0 Å². The van der Waals surface area contributed by atoms with Crippen LogP contribution in [0.1, 0.15) is 0 Å². The lowest BCUT2D eigenvalue weighted by atomic mass is 10.1. The molecule has 0 fully saturated rings. The summed E-state index contributed by atoms with van der Waals surface area (Å²) in [5.74, 6) is 0. The Morgan fingerprint density at radius 1 is 0.500 bits per heavy atom. The minimum Gasteiger partial charge on any atom is -0.449 e. The first kappa shape index (κ1) is 18.6. The maximum absolute atomic E-state index is 13.0. The van der Waals surface area contributed by atoms with Gasteiger partial charge >= 0.3 is 0 Å². The van der Waals surface area contributed by atoms with Crippen molar-refractivity contribution in [2.24, 2.45) is 0 Å². The topological polar surface area (TPSA) is 126 Å². The highest BCUT2D eigenvalue weighted by atomic mass is 16.3. The Morgan fingerprint density at radius 3 is 1.29 bits per heavy atom. The molecule has 162 valence electrons. The quantitative estimate of drug-likeness (QED) is 0.339. The number of nitrogens with one attached hydrogen (secondary N) is 2. The lowest BCUT2D eigenvalue weighted by molar-refractivity contribution is 0.640. The molecule has 34 heavy (non-hydrogen) atoms. The Morgan fingerprint density at radius 2 is 0.882 bits per heavy atom. The van der Waals surface area contributed by atoms with E-state index in [4.69, 9.17) is 8.83 Å². The van der Waals surface area contributed by atoms with E-state index in [9.17, 15) is 19.2 Å². The van der Waals surface area contributed by atoms with Gasteiger partial charge in [-0.2, -0.15) is 0 Å². The first-order chi connectivity index (χ1) is 16.5. The average Bonchev–Trinajstić information content (AvgIpc) is 2.87. The van der Waals surface area contributed by atoms with Crippen molar-refractivity contribution < 1.29 is 8.83 Å². The summed E-state index contributed by atoms with van der Waals surface area (Å²) in [6.07, 6.45) is 0. The second-order valence-electron chi connectivity index (χ2n) is 8.11. The van der Waals surface area contributed by atoms with E-state index in [-0.39, 0.29) is 55.0 Å². The van der Waals surface area contributed by atoms with Crippen LogP contribution in [-0.2, 0) is 0 Å². The molecular weight excluding hydrogens is 436 g/mol. The first-order valence-corrected chi connectivity index (χ1v) is 10.4. The van der Waals surface area contributed by atoms with Crippen molar-refractivity contribution in [2.75, 3.05) is 0 Å². The minimum atomic E-state index is -0.408. The highest BCUT2D eigenvalue weighted by Gasteiger charge is 2.17. The summed E-state index contributed by atoms with van der Waals surface area (Å²) in [6, 6.07) is 16.2. The van der Waals surface area contributed by atoms with Gasteiger partial charge in [0.2, 0.25) is 32.9 Å². The fourth-order valence-corrected chi connectivity index (χ4v) is 4.54. The largest absolute Gasteiger partial charge is 0.449 e. The Hall–Kier alpha value is -4.98. The zero-order chi connectivity index (χ0) is 23.1. The highest BCUT2D eigenvalue weighted by molar-refractivity contribution is 6.00. The van der Waals surface area contributed by atoms with Crippen LogP contribution in [-0.4, -0.2) is 9.97 Å². The van der Waals surface area contributed by atoms with Crippen molar-refractivity contribution in [3.63, 3.8) is 0 Å². The summed E-state index contributed by atoms with van der Waals surface area (Å²) in [5.41, 5.74) is -0.310. The number of rotatable bonds is 0. The van der Waals surface area contributed by atoms with Gasteiger partial charge in [0.25, 0.3) is 0 Å². The molecule has 0 aliphatic rings. The molecule has 0 saturated heterocycles. The molecule has 7 rings (SSSR count). The van der Waals surface area contributed by atoms with E-state index in [2.05, 4.69) is 9.97 Å². The number of aromatic nitrogens is 2. The average molecular weight is 448 g/mol. The van der Waals surface area contributed by atoms with Crippen LogP contribution in [0.5, 0.6) is 0 Å². The van der Waals surface area contributed by atoms with Crippen LogP contribution < -0.4 is 21.7 Å². The Bertz CT molecular complexity index is 1950. The SMILES string of the molecule is O=c1c2ccccc2c(=O)c2oc3cc4oc5c(=O)c6ccccc6c(=O)c5[nH]c4cc3[nH]c12. The van der Waals surface area contributed by atoms with Crippen molar-refractivity contribution in [1.82, 2.24) is 9.97 Å². The summed E-state index contributed by atoms with van der Waals surface area (Å²) in [7, 11) is 0. The molecule has 0 amide bonds. The summed E-state index contributed by atoms with van der Waals surface area (Å²) < 4.78 is 11.7. The fourth-order valence-electron chi connectivity index (χ4n) is 4.54. The summed E-state index contributed by atoms with van der Waals surface area (Å²) in [6.45, 7) is 0. The number of hydrogen-bond acceptors (Lipinski definition) is 6. The molecular formula is C26H12N2O6. The zero-order valence-corrected chi connectivity index (χ0v) is 17.2. The van der Waals surface area contributed by atoms with Gasteiger partial charge in [0.15, 0.2) is 11.2 Å². The van der Waals surface area contributed by atoms with Gasteiger partial charge in [-0.25, -0.2) is 0 Å². The first-order valence-electron chi connectivity index (χ1n) is 10.4. The van der Waals surface area contributed by atoms with Gasteiger partial charge < -0.3 is 18.8 Å². The van der Waals surface area contributed by atoms with E-state index >= 15 is 0 Å². The van der Waals surface area contributed by atoms with Crippen molar-refractivity contribution in [3.8, 4) is 0 Å². The van der Waals surface area contributed by atoms with Gasteiger partial charge in [-0.3, -0.25) is 19.2 Å². The maximum atomic E-state index is 13.0. The Balaban J connectivity index is 1.65. The molecule has 7 aromatic rings. The summed E-state index contributed by atoms with van der Waals surface area (Å²) in [5, 5.41) is 1.13. The summed E-state index contributed by atoms with van der Waals surface area (Å²) >= 11 is 0. The summed E-state index contributed by atoms with van der Waals surface area (Å²) in [4.78, 5) is 57.9. The van der Waals surface area contributed by atoms with Gasteiger partial charge in [-0.15, -0.1) is 0 Å². The van der Waals surface area contributed by atoms with E-state index in [0.717, 1.165) is 0 Å². The molecule has 8 nitrogen and oxygen atoms in total. The monoisotopic (exact) mass is 448 g/mol. The van der Waals surface area contributed by atoms with Crippen LogP contribution in [0.15, 0.2) is 88.7 Å². The molecule has 2 aromatic heterocycles. The molecule has 0 aliphatic heterocycles.